The molecule has 2 heteroatoms. The largest absolute Gasteiger partial charge is 0.380 e. The molecule has 1 aromatic carbocycles. The Bertz CT molecular complexity index is 259. The lowest BCUT2D eigenvalue weighted by Crippen LogP contribution is -2.26. The fourth-order valence-electron chi connectivity index (χ4n) is 1.54. The molecule has 0 aliphatic heterocycles. The Labute approximate surface area is 99.0 Å². The summed E-state index contributed by atoms with van der Waals surface area (Å²) in [5.41, 5.74) is 1.39. The Hall–Kier alpha value is -0.860. The molecule has 0 atom stereocenters. The average molecular weight is 221 g/mol. The van der Waals surface area contributed by atoms with Crippen LogP contribution in [0.3, 0.4) is 0 Å². The van der Waals surface area contributed by atoms with E-state index >= 15 is 0 Å². The Morgan fingerprint density at radius 2 is 1.88 bits per heavy atom. The highest BCUT2D eigenvalue weighted by molar-refractivity contribution is 5.14. The summed E-state index contributed by atoms with van der Waals surface area (Å²) in [6.07, 6.45) is 2.21. The minimum atomic E-state index is 0.549. The third-order valence-corrected chi connectivity index (χ3v) is 2.40. The van der Waals surface area contributed by atoms with Crippen molar-refractivity contribution in [3.05, 3.63) is 35.9 Å². The van der Waals surface area contributed by atoms with Crippen LogP contribution in [-0.4, -0.2) is 25.8 Å². The molecule has 2 nitrogen and oxygen atoms in total. The van der Waals surface area contributed by atoms with Crippen LogP contribution in [0.1, 0.15) is 25.8 Å². The van der Waals surface area contributed by atoms with Gasteiger partial charge >= 0.3 is 0 Å². The molecule has 1 aromatic rings. The summed E-state index contributed by atoms with van der Waals surface area (Å²) in [4.78, 5) is 0. The molecule has 0 saturated carbocycles. The van der Waals surface area contributed by atoms with Gasteiger partial charge in [-0.3, -0.25) is 0 Å². The first kappa shape index (κ1) is 13.2. The number of ether oxygens (including phenoxy) is 1. The molecule has 0 aromatic heterocycles. The van der Waals surface area contributed by atoms with Crippen molar-refractivity contribution < 1.29 is 4.74 Å². The lowest BCUT2D eigenvalue weighted by Gasteiger charge is -2.08. The second kappa shape index (κ2) is 8.31. The fourth-order valence-corrected chi connectivity index (χ4v) is 1.54. The molecular weight excluding hydrogens is 198 g/mol. The molecule has 0 fully saturated rings. The number of hydrogen-bond donors (Lipinski definition) is 1. The van der Waals surface area contributed by atoms with Crippen LogP contribution >= 0.6 is 0 Å². The molecule has 0 saturated heterocycles. The Kier molecular flexibility index (Phi) is 6.86. The van der Waals surface area contributed by atoms with E-state index in [1.165, 1.54) is 5.56 Å². The molecule has 0 aliphatic carbocycles. The molecule has 1 N–H and O–H groups in total. The number of aryl methyl sites for hydroxylation is 1. The van der Waals surface area contributed by atoms with E-state index in [0.717, 1.165) is 32.6 Å². The molecule has 0 aliphatic rings. The maximum atomic E-state index is 5.54. The lowest BCUT2D eigenvalue weighted by atomic mass is 10.1. The van der Waals surface area contributed by atoms with Crippen molar-refractivity contribution in [3.8, 4) is 0 Å². The summed E-state index contributed by atoms with van der Waals surface area (Å²) in [6.45, 7) is 6.91. The number of hydrogen-bond acceptors (Lipinski definition) is 2. The highest BCUT2D eigenvalue weighted by Crippen LogP contribution is 2.01. The van der Waals surface area contributed by atoms with Crippen LogP contribution < -0.4 is 5.32 Å². The molecule has 0 bridgehead atoms. The van der Waals surface area contributed by atoms with E-state index in [0.29, 0.717) is 6.04 Å². The first-order valence-electron chi connectivity index (χ1n) is 6.14. The van der Waals surface area contributed by atoms with Crippen LogP contribution in [-0.2, 0) is 11.2 Å². The lowest BCUT2D eigenvalue weighted by molar-refractivity contribution is 0.132. The maximum absolute atomic E-state index is 5.54. The molecular formula is C14H23NO. The predicted molar refractivity (Wildman–Crippen MR) is 68.7 cm³/mol. The van der Waals surface area contributed by atoms with E-state index in [1.807, 2.05) is 0 Å². The van der Waals surface area contributed by atoms with Gasteiger partial charge in [-0.25, -0.2) is 0 Å². The van der Waals surface area contributed by atoms with Crippen LogP contribution in [0.5, 0.6) is 0 Å². The second-order valence-corrected chi connectivity index (χ2v) is 4.31. The van der Waals surface area contributed by atoms with Gasteiger partial charge in [0.05, 0.1) is 6.61 Å². The Balaban J connectivity index is 1.93. The Morgan fingerprint density at radius 3 is 2.56 bits per heavy atom. The summed E-state index contributed by atoms with van der Waals surface area (Å²) < 4.78 is 5.54. The van der Waals surface area contributed by atoms with Gasteiger partial charge in [-0.2, -0.15) is 0 Å². The highest BCUT2D eigenvalue weighted by atomic mass is 16.5. The van der Waals surface area contributed by atoms with Gasteiger partial charge in [0.1, 0.15) is 0 Å². The topological polar surface area (TPSA) is 21.3 Å². The van der Waals surface area contributed by atoms with Crippen molar-refractivity contribution in [1.82, 2.24) is 5.32 Å². The van der Waals surface area contributed by atoms with Gasteiger partial charge in [0.25, 0.3) is 0 Å². The highest BCUT2D eigenvalue weighted by Gasteiger charge is 1.94. The standard InChI is InChI=1S/C14H23NO/c1-13(2)15-10-12-16-11-6-9-14-7-4-3-5-8-14/h3-5,7-8,13,15H,6,9-12H2,1-2H3. The average Bonchev–Trinajstić information content (AvgIpc) is 2.29. The monoisotopic (exact) mass is 221 g/mol. The van der Waals surface area contributed by atoms with Crippen molar-refractivity contribution in [2.45, 2.75) is 32.7 Å². The Morgan fingerprint density at radius 1 is 1.12 bits per heavy atom. The molecule has 0 spiro atoms. The molecule has 1 rings (SSSR count). The number of rotatable bonds is 8. The van der Waals surface area contributed by atoms with Gasteiger partial charge in [-0.1, -0.05) is 44.2 Å². The van der Waals surface area contributed by atoms with Crippen molar-refractivity contribution >= 4 is 0 Å². The van der Waals surface area contributed by atoms with Crippen LogP contribution in [0.4, 0.5) is 0 Å². The molecule has 16 heavy (non-hydrogen) atoms. The summed E-state index contributed by atoms with van der Waals surface area (Å²) in [6, 6.07) is 11.1. The first-order valence-corrected chi connectivity index (χ1v) is 6.14. The van der Waals surface area contributed by atoms with Gasteiger partial charge < -0.3 is 10.1 Å². The first-order chi connectivity index (χ1) is 7.79. The van der Waals surface area contributed by atoms with Gasteiger partial charge in [-0.15, -0.1) is 0 Å². The van der Waals surface area contributed by atoms with Crippen LogP contribution in [0, 0.1) is 0 Å². The molecule has 0 radical (unpaired) electrons. The van der Waals surface area contributed by atoms with E-state index in [9.17, 15) is 0 Å². The number of benzene rings is 1. The van der Waals surface area contributed by atoms with Gasteiger partial charge in [-0.05, 0) is 18.4 Å². The minimum Gasteiger partial charge on any atom is -0.380 e. The van der Waals surface area contributed by atoms with Gasteiger partial charge in [0.15, 0.2) is 0 Å². The summed E-state index contributed by atoms with van der Waals surface area (Å²) in [7, 11) is 0. The van der Waals surface area contributed by atoms with Crippen LogP contribution in [0.15, 0.2) is 30.3 Å². The summed E-state index contributed by atoms with van der Waals surface area (Å²) >= 11 is 0. The van der Waals surface area contributed by atoms with Crippen LogP contribution in [0.2, 0.25) is 0 Å². The molecule has 90 valence electrons. The molecule has 0 heterocycles. The van der Waals surface area contributed by atoms with E-state index in [2.05, 4.69) is 49.5 Å². The quantitative estimate of drug-likeness (QED) is 0.681. The third kappa shape index (κ3) is 6.59. The zero-order chi connectivity index (χ0) is 11.6. The fraction of sp³-hybridized carbons (Fsp3) is 0.571. The van der Waals surface area contributed by atoms with Gasteiger partial charge in [0, 0.05) is 19.2 Å². The van der Waals surface area contributed by atoms with E-state index in [-0.39, 0.29) is 0 Å². The van der Waals surface area contributed by atoms with E-state index in [1.54, 1.807) is 0 Å². The SMILES string of the molecule is CC(C)NCCOCCCc1ccccc1. The third-order valence-electron chi connectivity index (χ3n) is 2.40. The second-order valence-electron chi connectivity index (χ2n) is 4.31. The zero-order valence-electron chi connectivity index (χ0n) is 10.4. The van der Waals surface area contributed by atoms with E-state index in [4.69, 9.17) is 4.74 Å². The van der Waals surface area contributed by atoms with Gasteiger partial charge in [0.2, 0.25) is 0 Å². The zero-order valence-corrected chi connectivity index (χ0v) is 10.4. The summed E-state index contributed by atoms with van der Waals surface area (Å²) in [5.74, 6) is 0. The number of nitrogens with one attached hydrogen (secondary N) is 1. The van der Waals surface area contributed by atoms with Crippen molar-refractivity contribution in [1.29, 1.82) is 0 Å². The van der Waals surface area contributed by atoms with Crippen molar-refractivity contribution in [2.75, 3.05) is 19.8 Å². The molecule has 0 amide bonds. The van der Waals surface area contributed by atoms with Crippen LogP contribution in [0.25, 0.3) is 0 Å². The van der Waals surface area contributed by atoms with Crippen molar-refractivity contribution in [3.63, 3.8) is 0 Å². The van der Waals surface area contributed by atoms with Crippen molar-refractivity contribution in [2.24, 2.45) is 0 Å². The smallest absolute Gasteiger partial charge is 0.0590 e. The molecule has 0 unspecified atom stereocenters. The summed E-state index contributed by atoms with van der Waals surface area (Å²) in [5, 5.41) is 3.33. The predicted octanol–water partition coefficient (Wildman–Crippen LogP) is 2.63. The maximum Gasteiger partial charge on any atom is 0.0590 e. The normalized spacial score (nSPS) is 10.9. The minimum absolute atomic E-state index is 0.549. The van der Waals surface area contributed by atoms with E-state index < -0.39 is 0 Å².